The molecule has 0 atom stereocenters. The van der Waals surface area contributed by atoms with Crippen LogP contribution in [0.1, 0.15) is 17.0 Å². The Balaban J connectivity index is 1.71. The summed E-state index contributed by atoms with van der Waals surface area (Å²) in [7, 11) is 0. The lowest BCUT2D eigenvalue weighted by molar-refractivity contribution is -0.116. The third kappa shape index (κ3) is 2.99. The van der Waals surface area contributed by atoms with Crippen molar-refractivity contribution in [1.82, 2.24) is 14.6 Å². The molecular formula is C20H16N4O. The maximum Gasteiger partial charge on any atom is 0.238 e. The van der Waals surface area contributed by atoms with E-state index in [1.807, 2.05) is 85.1 Å². The Morgan fingerprint density at radius 2 is 1.40 bits per heavy atom. The highest BCUT2D eigenvalue weighted by Gasteiger charge is 2.23. The Morgan fingerprint density at radius 1 is 0.800 bits per heavy atom. The van der Waals surface area contributed by atoms with Crippen molar-refractivity contribution in [1.29, 1.82) is 0 Å². The molecule has 0 unspecified atom stereocenters. The number of aromatic nitrogens is 3. The third-order valence-electron chi connectivity index (χ3n) is 4.08. The van der Waals surface area contributed by atoms with Crippen LogP contribution in [0.5, 0.6) is 0 Å². The van der Waals surface area contributed by atoms with Crippen molar-refractivity contribution in [3.63, 3.8) is 0 Å². The molecule has 0 saturated carbocycles. The Hall–Kier alpha value is -3.47. The highest BCUT2D eigenvalue weighted by atomic mass is 16.2. The van der Waals surface area contributed by atoms with Crippen molar-refractivity contribution in [2.75, 3.05) is 5.32 Å². The summed E-state index contributed by atoms with van der Waals surface area (Å²) in [6.45, 7) is 0. The summed E-state index contributed by atoms with van der Waals surface area (Å²) in [6.07, 6.45) is 1.82. The van der Waals surface area contributed by atoms with Gasteiger partial charge < -0.3 is 0 Å². The van der Waals surface area contributed by atoms with E-state index in [9.17, 15) is 4.79 Å². The molecule has 4 rings (SSSR count). The molecule has 0 fully saturated rings. The summed E-state index contributed by atoms with van der Waals surface area (Å²) < 4.78 is 1.75. The summed E-state index contributed by atoms with van der Waals surface area (Å²) in [5.74, 6) is -0.147. The van der Waals surface area contributed by atoms with Gasteiger partial charge in [-0.3, -0.25) is 14.5 Å². The van der Waals surface area contributed by atoms with E-state index in [-0.39, 0.29) is 5.91 Å². The number of amides is 1. The van der Waals surface area contributed by atoms with Crippen molar-refractivity contribution in [3.8, 4) is 0 Å². The van der Waals surface area contributed by atoms with Crippen molar-refractivity contribution in [3.05, 3.63) is 96.2 Å². The zero-order valence-electron chi connectivity index (χ0n) is 13.4. The molecule has 0 aliphatic heterocycles. The second-order valence-electron chi connectivity index (χ2n) is 5.70. The molecule has 2 heterocycles. The van der Waals surface area contributed by atoms with Crippen LogP contribution in [0.15, 0.2) is 85.1 Å². The van der Waals surface area contributed by atoms with Crippen molar-refractivity contribution in [2.24, 2.45) is 0 Å². The van der Waals surface area contributed by atoms with Gasteiger partial charge in [0, 0.05) is 6.20 Å². The highest BCUT2D eigenvalue weighted by Crippen LogP contribution is 2.26. The molecule has 2 aromatic heterocycles. The summed E-state index contributed by atoms with van der Waals surface area (Å²) in [5.41, 5.74) is 2.55. The largest absolute Gasteiger partial charge is 0.293 e. The van der Waals surface area contributed by atoms with Crippen LogP contribution in [0.2, 0.25) is 0 Å². The molecule has 122 valence electrons. The minimum atomic E-state index is -0.418. The van der Waals surface area contributed by atoms with Crippen LogP contribution < -0.4 is 5.32 Å². The number of carbonyl (C=O) groups is 1. The van der Waals surface area contributed by atoms with Crippen molar-refractivity contribution < 1.29 is 4.79 Å². The number of anilines is 1. The van der Waals surface area contributed by atoms with Crippen LogP contribution in [0.25, 0.3) is 5.65 Å². The van der Waals surface area contributed by atoms with Crippen LogP contribution in [-0.2, 0) is 4.79 Å². The van der Waals surface area contributed by atoms with E-state index in [0.29, 0.717) is 11.6 Å². The lowest BCUT2D eigenvalue weighted by atomic mass is 9.90. The molecule has 2 aromatic carbocycles. The zero-order chi connectivity index (χ0) is 17.1. The molecule has 0 bridgehead atoms. The smallest absolute Gasteiger partial charge is 0.238 e. The molecule has 0 saturated heterocycles. The number of hydrogen-bond acceptors (Lipinski definition) is 3. The van der Waals surface area contributed by atoms with Gasteiger partial charge in [-0.2, -0.15) is 0 Å². The van der Waals surface area contributed by atoms with Gasteiger partial charge in [0.25, 0.3) is 0 Å². The summed E-state index contributed by atoms with van der Waals surface area (Å²) in [5, 5.41) is 11.1. The van der Waals surface area contributed by atoms with Gasteiger partial charge in [0.1, 0.15) is 0 Å². The molecule has 4 aromatic rings. The molecule has 1 N–H and O–H groups in total. The first-order valence-electron chi connectivity index (χ1n) is 8.03. The maximum atomic E-state index is 13.1. The fourth-order valence-electron chi connectivity index (χ4n) is 2.90. The monoisotopic (exact) mass is 328 g/mol. The first kappa shape index (κ1) is 15.1. The Labute approximate surface area is 145 Å². The van der Waals surface area contributed by atoms with E-state index in [1.54, 1.807) is 4.40 Å². The Kier molecular flexibility index (Phi) is 3.96. The number of fused-ring (bicyclic) bond motifs is 1. The molecule has 0 radical (unpaired) electrons. The van der Waals surface area contributed by atoms with Gasteiger partial charge in [-0.1, -0.05) is 66.7 Å². The van der Waals surface area contributed by atoms with E-state index in [1.165, 1.54) is 0 Å². The van der Waals surface area contributed by atoms with Gasteiger partial charge in [-0.05, 0) is 23.3 Å². The second-order valence-corrected chi connectivity index (χ2v) is 5.70. The SMILES string of the molecule is O=C(Nc1nnc2ccccn12)C(c1ccccc1)c1ccccc1. The summed E-state index contributed by atoms with van der Waals surface area (Å²) in [4.78, 5) is 13.1. The predicted molar refractivity (Wildman–Crippen MR) is 96.3 cm³/mol. The fraction of sp³-hybridized carbons (Fsp3) is 0.0500. The third-order valence-corrected chi connectivity index (χ3v) is 4.08. The standard InChI is InChI=1S/C20H16N4O/c25-19(21-20-23-22-17-13-7-8-14-24(17)20)18(15-9-3-1-4-10-15)16-11-5-2-6-12-16/h1-14,18H,(H,21,23,25). The minimum Gasteiger partial charge on any atom is -0.293 e. The van der Waals surface area contributed by atoms with E-state index < -0.39 is 5.92 Å². The van der Waals surface area contributed by atoms with Gasteiger partial charge in [0.05, 0.1) is 5.92 Å². The minimum absolute atomic E-state index is 0.143. The Morgan fingerprint density at radius 3 is 2.04 bits per heavy atom. The Bertz CT molecular complexity index is 956. The topological polar surface area (TPSA) is 59.3 Å². The van der Waals surface area contributed by atoms with Gasteiger partial charge in [-0.15, -0.1) is 10.2 Å². The molecule has 0 aliphatic carbocycles. The van der Waals surface area contributed by atoms with Crippen LogP contribution in [-0.4, -0.2) is 20.5 Å². The van der Waals surface area contributed by atoms with Crippen LogP contribution in [0.3, 0.4) is 0 Å². The number of pyridine rings is 1. The van der Waals surface area contributed by atoms with Gasteiger partial charge in [0.15, 0.2) is 5.65 Å². The van der Waals surface area contributed by atoms with E-state index in [4.69, 9.17) is 0 Å². The highest BCUT2D eigenvalue weighted by molar-refractivity contribution is 5.97. The van der Waals surface area contributed by atoms with Crippen LogP contribution in [0.4, 0.5) is 5.95 Å². The fourth-order valence-corrected chi connectivity index (χ4v) is 2.90. The number of benzene rings is 2. The number of rotatable bonds is 4. The lowest BCUT2D eigenvalue weighted by Crippen LogP contribution is -2.23. The van der Waals surface area contributed by atoms with E-state index in [0.717, 1.165) is 11.1 Å². The van der Waals surface area contributed by atoms with E-state index in [2.05, 4.69) is 15.5 Å². The average Bonchev–Trinajstić information content (AvgIpc) is 3.07. The zero-order valence-corrected chi connectivity index (χ0v) is 13.4. The quantitative estimate of drug-likeness (QED) is 0.624. The molecule has 1 amide bonds. The number of nitrogens with one attached hydrogen (secondary N) is 1. The summed E-state index contributed by atoms with van der Waals surface area (Å²) >= 11 is 0. The number of hydrogen-bond donors (Lipinski definition) is 1. The van der Waals surface area contributed by atoms with Gasteiger partial charge >= 0.3 is 0 Å². The number of carbonyl (C=O) groups excluding carboxylic acids is 1. The molecular weight excluding hydrogens is 312 g/mol. The molecule has 5 nitrogen and oxygen atoms in total. The van der Waals surface area contributed by atoms with Gasteiger partial charge in [0.2, 0.25) is 11.9 Å². The molecule has 0 aliphatic rings. The first-order valence-corrected chi connectivity index (χ1v) is 8.03. The second kappa shape index (κ2) is 6.57. The number of nitrogens with zero attached hydrogens (tertiary/aromatic N) is 3. The van der Waals surface area contributed by atoms with E-state index >= 15 is 0 Å². The first-order chi connectivity index (χ1) is 12.3. The van der Waals surface area contributed by atoms with Crippen molar-refractivity contribution in [2.45, 2.75) is 5.92 Å². The normalized spacial score (nSPS) is 10.9. The van der Waals surface area contributed by atoms with Crippen LogP contribution in [0, 0.1) is 0 Å². The predicted octanol–water partition coefficient (Wildman–Crippen LogP) is 3.50. The van der Waals surface area contributed by atoms with Gasteiger partial charge in [-0.25, -0.2) is 0 Å². The lowest BCUT2D eigenvalue weighted by Gasteiger charge is -2.17. The van der Waals surface area contributed by atoms with Crippen molar-refractivity contribution >= 4 is 17.5 Å². The van der Waals surface area contributed by atoms with Crippen LogP contribution >= 0.6 is 0 Å². The average molecular weight is 328 g/mol. The maximum absolute atomic E-state index is 13.1. The molecule has 5 heteroatoms. The molecule has 0 spiro atoms. The molecule has 25 heavy (non-hydrogen) atoms. The summed E-state index contributed by atoms with van der Waals surface area (Å²) in [6, 6.07) is 25.0.